The molecule has 1 aromatic heterocycles. The van der Waals surface area contributed by atoms with Crippen LogP contribution in [0.25, 0.3) is 17.1 Å². The number of anilines is 1. The molecule has 1 aliphatic rings. The van der Waals surface area contributed by atoms with Gasteiger partial charge < -0.3 is 19.5 Å². The van der Waals surface area contributed by atoms with Gasteiger partial charge in [0, 0.05) is 17.4 Å². The predicted molar refractivity (Wildman–Crippen MR) is 125 cm³/mol. The molecule has 1 N–H and O–H groups in total. The Kier molecular flexibility index (Phi) is 5.86. The number of hydrogen-bond acceptors (Lipinski definition) is 7. The molecule has 1 amide bonds. The number of benzene rings is 3. The molecule has 3 aromatic carbocycles. The van der Waals surface area contributed by atoms with E-state index in [1.54, 1.807) is 25.3 Å². The molecule has 2 heterocycles. The summed E-state index contributed by atoms with van der Waals surface area (Å²) in [4.78, 5) is 12.6. The van der Waals surface area contributed by atoms with Crippen LogP contribution in [0.15, 0.2) is 78.0 Å². The van der Waals surface area contributed by atoms with Crippen LogP contribution in [-0.4, -0.2) is 40.3 Å². The average molecular weight is 461 g/mol. The lowest BCUT2D eigenvalue weighted by atomic mass is 10.2. The number of fused-ring (bicyclic) bond motifs is 1. The summed E-state index contributed by atoms with van der Waals surface area (Å²) in [6.07, 6.45) is 0. The Bertz CT molecular complexity index is 1290. The van der Waals surface area contributed by atoms with Crippen LogP contribution in [0.5, 0.6) is 17.2 Å². The molecule has 33 heavy (non-hydrogen) atoms. The van der Waals surface area contributed by atoms with Crippen LogP contribution in [0.3, 0.4) is 0 Å². The molecule has 0 spiro atoms. The second-order valence-electron chi connectivity index (χ2n) is 7.08. The van der Waals surface area contributed by atoms with E-state index in [0.29, 0.717) is 33.9 Å². The van der Waals surface area contributed by atoms with Gasteiger partial charge in [0.2, 0.25) is 12.7 Å². The standard InChI is InChI=1S/C24H20N4O4S/c1-30-19-10-6-5-9-18(19)23-26-27-24(28(23)17-7-3-2-4-8-17)33-14-22(29)25-16-11-12-20-21(13-16)32-15-31-20/h2-13H,14-15H2,1H3,(H,25,29). The fourth-order valence-corrected chi connectivity index (χ4v) is 4.23. The fourth-order valence-electron chi connectivity index (χ4n) is 3.48. The summed E-state index contributed by atoms with van der Waals surface area (Å²) in [6.45, 7) is 0.187. The number of thioether (sulfide) groups is 1. The van der Waals surface area contributed by atoms with Crippen molar-refractivity contribution in [3.05, 3.63) is 72.8 Å². The van der Waals surface area contributed by atoms with Gasteiger partial charge in [-0.2, -0.15) is 0 Å². The van der Waals surface area contributed by atoms with Gasteiger partial charge in [-0.1, -0.05) is 42.1 Å². The van der Waals surface area contributed by atoms with Crippen molar-refractivity contribution in [2.75, 3.05) is 25.0 Å². The van der Waals surface area contributed by atoms with Crippen LogP contribution in [0.1, 0.15) is 0 Å². The van der Waals surface area contributed by atoms with E-state index in [2.05, 4.69) is 15.5 Å². The summed E-state index contributed by atoms with van der Waals surface area (Å²) in [5, 5.41) is 12.3. The van der Waals surface area contributed by atoms with E-state index in [9.17, 15) is 4.79 Å². The number of methoxy groups -OCH3 is 1. The Morgan fingerprint density at radius 2 is 1.82 bits per heavy atom. The zero-order valence-electron chi connectivity index (χ0n) is 17.7. The Hall–Kier alpha value is -3.98. The molecule has 0 unspecified atom stereocenters. The maximum absolute atomic E-state index is 12.6. The number of nitrogens with one attached hydrogen (secondary N) is 1. The van der Waals surface area contributed by atoms with Gasteiger partial charge in [0.1, 0.15) is 5.75 Å². The van der Waals surface area contributed by atoms with E-state index in [0.717, 1.165) is 11.3 Å². The Labute approximate surface area is 194 Å². The molecule has 0 saturated heterocycles. The lowest BCUT2D eigenvalue weighted by Gasteiger charge is -2.12. The van der Waals surface area contributed by atoms with Crippen molar-refractivity contribution in [1.82, 2.24) is 14.8 Å². The topological polar surface area (TPSA) is 87.5 Å². The minimum atomic E-state index is -0.166. The Balaban J connectivity index is 1.39. The highest BCUT2D eigenvalue weighted by Gasteiger charge is 2.20. The molecular weight excluding hydrogens is 440 g/mol. The highest BCUT2D eigenvalue weighted by atomic mass is 32.2. The quantitative estimate of drug-likeness (QED) is 0.409. The molecule has 1 aliphatic heterocycles. The summed E-state index contributed by atoms with van der Waals surface area (Å²) < 4.78 is 18.1. The Morgan fingerprint density at radius 1 is 1.03 bits per heavy atom. The van der Waals surface area contributed by atoms with Gasteiger partial charge in [0.15, 0.2) is 22.5 Å². The van der Waals surface area contributed by atoms with Crippen molar-refractivity contribution in [2.24, 2.45) is 0 Å². The van der Waals surface area contributed by atoms with Crippen molar-refractivity contribution in [3.8, 4) is 34.3 Å². The van der Waals surface area contributed by atoms with E-state index in [4.69, 9.17) is 14.2 Å². The number of carbonyl (C=O) groups excluding carboxylic acids is 1. The third-order valence-corrected chi connectivity index (χ3v) is 5.91. The van der Waals surface area contributed by atoms with Crippen molar-refractivity contribution < 1.29 is 19.0 Å². The highest BCUT2D eigenvalue weighted by Crippen LogP contribution is 2.35. The van der Waals surface area contributed by atoms with Gasteiger partial charge in [-0.25, -0.2) is 0 Å². The summed E-state index contributed by atoms with van der Waals surface area (Å²) in [5.74, 6) is 2.61. The molecule has 5 rings (SSSR count). The molecule has 4 aromatic rings. The monoisotopic (exact) mass is 460 g/mol. The molecule has 9 heteroatoms. The highest BCUT2D eigenvalue weighted by molar-refractivity contribution is 7.99. The van der Waals surface area contributed by atoms with Gasteiger partial charge in [0.05, 0.1) is 18.4 Å². The molecular formula is C24H20N4O4S. The van der Waals surface area contributed by atoms with Crippen molar-refractivity contribution in [2.45, 2.75) is 5.16 Å². The number of rotatable bonds is 7. The number of carbonyl (C=O) groups is 1. The number of hydrogen-bond donors (Lipinski definition) is 1. The number of para-hydroxylation sites is 2. The van der Waals surface area contributed by atoms with Gasteiger partial charge in [-0.15, -0.1) is 10.2 Å². The summed E-state index contributed by atoms with van der Waals surface area (Å²) in [6, 6.07) is 22.7. The molecule has 8 nitrogen and oxygen atoms in total. The Morgan fingerprint density at radius 3 is 2.67 bits per heavy atom. The molecule has 0 radical (unpaired) electrons. The lowest BCUT2D eigenvalue weighted by molar-refractivity contribution is -0.113. The molecule has 166 valence electrons. The summed E-state index contributed by atoms with van der Waals surface area (Å²) >= 11 is 1.30. The molecule has 0 saturated carbocycles. The molecule has 0 aliphatic carbocycles. The van der Waals surface area contributed by atoms with E-state index in [-0.39, 0.29) is 18.5 Å². The van der Waals surface area contributed by atoms with Gasteiger partial charge in [-0.05, 0) is 36.4 Å². The molecule has 0 bridgehead atoms. The first-order valence-corrected chi connectivity index (χ1v) is 11.2. The van der Waals surface area contributed by atoms with Crippen LogP contribution in [0.2, 0.25) is 0 Å². The maximum atomic E-state index is 12.6. The van der Waals surface area contributed by atoms with Crippen molar-refractivity contribution >= 4 is 23.4 Å². The number of aromatic nitrogens is 3. The predicted octanol–water partition coefficient (Wildman–Crippen LogP) is 4.40. The van der Waals surface area contributed by atoms with Crippen LogP contribution in [0, 0.1) is 0 Å². The van der Waals surface area contributed by atoms with Gasteiger partial charge in [0.25, 0.3) is 0 Å². The van der Waals surface area contributed by atoms with Gasteiger partial charge >= 0.3 is 0 Å². The van der Waals surface area contributed by atoms with E-state index in [1.807, 2.05) is 59.2 Å². The van der Waals surface area contributed by atoms with Gasteiger partial charge in [-0.3, -0.25) is 9.36 Å². The van der Waals surface area contributed by atoms with E-state index < -0.39 is 0 Å². The smallest absolute Gasteiger partial charge is 0.234 e. The van der Waals surface area contributed by atoms with Crippen molar-refractivity contribution in [3.63, 3.8) is 0 Å². The third kappa shape index (κ3) is 4.35. The second kappa shape index (κ2) is 9.25. The lowest BCUT2D eigenvalue weighted by Crippen LogP contribution is -2.14. The summed E-state index contributed by atoms with van der Waals surface area (Å²) in [5.41, 5.74) is 2.35. The average Bonchev–Trinajstić information content (AvgIpc) is 3.50. The van der Waals surface area contributed by atoms with E-state index in [1.165, 1.54) is 11.8 Å². The largest absolute Gasteiger partial charge is 0.496 e. The van der Waals surface area contributed by atoms with E-state index >= 15 is 0 Å². The van der Waals surface area contributed by atoms with Crippen LogP contribution >= 0.6 is 11.8 Å². The number of ether oxygens (including phenoxy) is 3. The fraction of sp³-hybridized carbons (Fsp3) is 0.125. The zero-order chi connectivity index (χ0) is 22.6. The molecule has 0 fully saturated rings. The number of amides is 1. The van der Waals surface area contributed by atoms with Crippen molar-refractivity contribution in [1.29, 1.82) is 0 Å². The third-order valence-electron chi connectivity index (χ3n) is 4.98. The second-order valence-corrected chi connectivity index (χ2v) is 8.02. The van der Waals surface area contributed by atoms with Crippen LogP contribution in [0.4, 0.5) is 5.69 Å². The number of nitrogens with zero attached hydrogens (tertiary/aromatic N) is 3. The summed E-state index contributed by atoms with van der Waals surface area (Å²) in [7, 11) is 1.62. The van der Waals surface area contributed by atoms with Crippen LogP contribution < -0.4 is 19.5 Å². The minimum absolute atomic E-state index is 0.158. The zero-order valence-corrected chi connectivity index (χ0v) is 18.5. The van der Waals surface area contributed by atoms with Crippen LogP contribution in [-0.2, 0) is 4.79 Å². The first-order valence-electron chi connectivity index (χ1n) is 10.2. The normalized spacial score (nSPS) is 11.9. The maximum Gasteiger partial charge on any atom is 0.234 e. The first kappa shape index (κ1) is 20.9. The minimum Gasteiger partial charge on any atom is -0.496 e. The SMILES string of the molecule is COc1ccccc1-c1nnc(SCC(=O)Nc2ccc3c(c2)OCO3)n1-c1ccccc1. The first-order chi connectivity index (χ1) is 16.2. The molecule has 0 atom stereocenters.